The van der Waals surface area contributed by atoms with Crippen LogP contribution in [0.15, 0.2) is 115 Å². The zero-order valence-corrected chi connectivity index (χ0v) is 21.9. The first-order valence-corrected chi connectivity index (χ1v) is 13.1. The first-order chi connectivity index (χ1) is 19.6. The second-order valence-electron chi connectivity index (χ2n) is 9.77. The average Bonchev–Trinajstić information content (AvgIpc) is 3.66. The van der Waals surface area contributed by atoms with Crippen LogP contribution in [-0.2, 0) is 15.1 Å². The predicted octanol–water partition coefficient (Wildman–Crippen LogP) is 4.77. The highest BCUT2D eigenvalue weighted by molar-refractivity contribution is 5.47. The van der Waals surface area contributed by atoms with E-state index in [2.05, 4.69) is 15.1 Å². The molecule has 0 N–H and O–H groups in total. The van der Waals surface area contributed by atoms with Crippen molar-refractivity contribution in [2.24, 2.45) is 0 Å². The number of alkyl halides is 1. The van der Waals surface area contributed by atoms with Gasteiger partial charge < -0.3 is 9.47 Å². The number of halogens is 1. The van der Waals surface area contributed by atoms with Gasteiger partial charge in [-0.05, 0) is 23.6 Å². The number of benzene rings is 3. The summed E-state index contributed by atoms with van der Waals surface area (Å²) in [7, 11) is 0. The molecule has 0 radical (unpaired) electrons. The molecule has 0 amide bonds. The highest BCUT2D eigenvalue weighted by atomic mass is 19.1. The SMILES string of the molecule is Cc1cn(C2OC(COC(c3ccccc3)(c3ccccc3)c3ccccc3)CC2F)c(=O)nc1-n1cncn1. The van der Waals surface area contributed by atoms with Crippen LogP contribution in [-0.4, -0.2) is 43.2 Å². The van der Waals surface area contributed by atoms with E-state index in [1.807, 2.05) is 91.0 Å². The van der Waals surface area contributed by atoms with Crippen LogP contribution in [0.4, 0.5) is 4.39 Å². The van der Waals surface area contributed by atoms with Gasteiger partial charge in [-0.25, -0.2) is 18.9 Å². The van der Waals surface area contributed by atoms with E-state index in [1.165, 1.54) is 21.9 Å². The van der Waals surface area contributed by atoms with Crippen molar-refractivity contribution < 1.29 is 13.9 Å². The van der Waals surface area contributed by atoms with Crippen molar-refractivity contribution in [3.8, 4) is 5.82 Å². The van der Waals surface area contributed by atoms with Gasteiger partial charge in [-0.3, -0.25) is 4.57 Å². The van der Waals surface area contributed by atoms with Crippen LogP contribution < -0.4 is 5.69 Å². The Balaban J connectivity index is 1.31. The first-order valence-electron chi connectivity index (χ1n) is 13.1. The van der Waals surface area contributed by atoms with Crippen LogP contribution >= 0.6 is 0 Å². The van der Waals surface area contributed by atoms with Crippen molar-refractivity contribution in [2.45, 2.75) is 37.4 Å². The number of aryl methyl sites for hydroxylation is 1. The molecule has 1 saturated heterocycles. The summed E-state index contributed by atoms with van der Waals surface area (Å²) in [4.78, 5) is 20.9. The van der Waals surface area contributed by atoms with Crippen LogP contribution in [0.1, 0.15) is 34.9 Å². The molecule has 5 aromatic rings. The number of ether oxygens (including phenoxy) is 2. The maximum absolute atomic E-state index is 15.4. The summed E-state index contributed by atoms with van der Waals surface area (Å²) >= 11 is 0. The molecule has 202 valence electrons. The summed E-state index contributed by atoms with van der Waals surface area (Å²) in [5, 5.41) is 4.04. The lowest BCUT2D eigenvalue weighted by atomic mass is 9.80. The molecule has 1 fully saturated rings. The Kier molecular flexibility index (Phi) is 7.06. The molecule has 3 unspecified atom stereocenters. The monoisotopic (exact) mass is 537 g/mol. The molecule has 0 spiro atoms. The third-order valence-electron chi connectivity index (χ3n) is 7.17. The summed E-state index contributed by atoms with van der Waals surface area (Å²) in [6.07, 6.45) is 1.33. The largest absolute Gasteiger partial charge is 0.358 e. The van der Waals surface area contributed by atoms with Gasteiger partial charge in [0.05, 0.1) is 12.7 Å². The Morgan fingerprint density at radius 2 is 1.52 bits per heavy atom. The highest BCUT2D eigenvalue weighted by Crippen LogP contribution is 2.41. The van der Waals surface area contributed by atoms with Crippen molar-refractivity contribution in [1.82, 2.24) is 24.3 Å². The van der Waals surface area contributed by atoms with Gasteiger partial charge in [0.1, 0.15) is 24.4 Å². The molecule has 6 rings (SSSR count). The first kappa shape index (κ1) is 25.8. The lowest BCUT2D eigenvalue weighted by Gasteiger charge is -2.36. The molecule has 2 aromatic heterocycles. The topological polar surface area (TPSA) is 84.1 Å². The lowest BCUT2D eigenvalue weighted by Crippen LogP contribution is -2.36. The van der Waals surface area contributed by atoms with Gasteiger partial charge >= 0.3 is 5.69 Å². The summed E-state index contributed by atoms with van der Waals surface area (Å²) in [6.45, 7) is 1.88. The molecule has 0 bridgehead atoms. The fourth-order valence-electron chi connectivity index (χ4n) is 5.33. The van der Waals surface area contributed by atoms with E-state index in [4.69, 9.17) is 9.47 Å². The minimum Gasteiger partial charge on any atom is -0.358 e. The van der Waals surface area contributed by atoms with Crippen molar-refractivity contribution in [3.05, 3.63) is 143 Å². The third kappa shape index (κ3) is 4.74. The number of rotatable bonds is 8. The predicted molar refractivity (Wildman–Crippen MR) is 147 cm³/mol. The Hall–Kier alpha value is -4.47. The number of aromatic nitrogens is 5. The Morgan fingerprint density at radius 3 is 2.05 bits per heavy atom. The van der Waals surface area contributed by atoms with E-state index >= 15 is 4.39 Å². The van der Waals surface area contributed by atoms with Gasteiger partial charge in [-0.2, -0.15) is 10.1 Å². The second kappa shape index (κ2) is 11.0. The standard InChI is InChI=1S/C31H28FN5O3/c1-22-18-36(30(38)35-28(22)37-21-33-20-34-37)29-27(32)17-26(40-29)19-39-31(23-11-5-2-6-12-23,24-13-7-3-8-14-24)25-15-9-4-10-16-25/h2-16,18,20-21,26-27,29H,17,19H2,1H3. The minimum absolute atomic E-state index is 0.0788. The third-order valence-corrected chi connectivity index (χ3v) is 7.17. The van der Waals surface area contributed by atoms with E-state index in [1.54, 1.807) is 13.1 Å². The molecule has 0 aliphatic carbocycles. The summed E-state index contributed by atoms with van der Waals surface area (Å²) in [5.41, 5.74) is 1.88. The molecule has 3 heterocycles. The van der Waals surface area contributed by atoms with E-state index in [0.717, 1.165) is 16.7 Å². The fraction of sp³-hybridized carbons (Fsp3) is 0.226. The van der Waals surface area contributed by atoms with Crippen LogP contribution in [0.3, 0.4) is 0 Å². The van der Waals surface area contributed by atoms with Crippen molar-refractivity contribution in [3.63, 3.8) is 0 Å². The molecule has 0 saturated carbocycles. The molecule has 1 aliphatic heterocycles. The smallest absolute Gasteiger partial charge is 0.351 e. The van der Waals surface area contributed by atoms with Crippen LogP contribution in [0.2, 0.25) is 0 Å². The van der Waals surface area contributed by atoms with Crippen LogP contribution in [0.5, 0.6) is 0 Å². The minimum atomic E-state index is -1.41. The van der Waals surface area contributed by atoms with E-state index in [0.29, 0.717) is 11.4 Å². The Morgan fingerprint density at radius 1 is 0.950 bits per heavy atom. The molecule has 3 atom stereocenters. The van der Waals surface area contributed by atoms with E-state index in [9.17, 15) is 4.79 Å². The number of hydrogen-bond donors (Lipinski definition) is 0. The quantitative estimate of drug-likeness (QED) is 0.265. The average molecular weight is 538 g/mol. The van der Waals surface area contributed by atoms with Crippen molar-refractivity contribution in [2.75, 3.05) is 6.61 Å². The van der Waals surface area contributed by atoms with Crippen molar-refractivity contribution in [1.29, 1.82) is 0 Å². The summed E-state index contributed by atoms with van der Waals surface area (Å²) in [5.74, 6) is 0.338. The number of hydrogen-bond acceptors (Lipinski definition) is 6. The van der Waals surface area contributed by atoms with E-state index in [-0.39, 0.29) is 13.0 Å². The van der Waals surface area contributed by atoms with Gasteiger partial charge in [0.25, 0.3) is 0 Å². The Labute approximate surface area is 230 Å². The molecular weight excluding hydrogens is 509 g/mol. The van der Waals surface area contributed by atoms with Crippen LogP contribution in [0, 0.1) is 6.92 Å². The molecule has 1 aliphatic rings. The van der Waals surface area contributed by atoms with Gasteiger partial charge in [-0.1, -0.05) is 91.0 Å². The maximum Gasteiger partial charge on any atom is 0.351 e. The van der Waals surface area contributed by atoms with Gasteiger partial charge in [0, 0.05) is 18.2 Å². The zero-order chi connectivity index (χ0) is 27.5. The maximum atomic E-state index is 15.4. The zero-order valence-electron chi connectivity index (χ0n) is 21.9. The normalized spacial score (nSPS) is 19.1. The Bertz CT molecular complexity index is 1520. The molecule has 40 heavy (non-hydrogen) atoms. The van der Waals surface area contributed by atoms with Crippen molar-refractivity contribution >= 4 is 0 Å². The van der Waals surface area contributed by atoms with Crippen LogP contribution in [0.25, 0.3) is 5.82 Å². The fourth-order valence-corrected chi connectivity index (χ4v) is 5.33. The van der Waals surface area contributed by atoms with Gasteiger partial charge in [-0.15, -0.1) is 0 Å². The lowest BCUT2D eigenvalue weighted by molar-refractivity contribution is -0.0825. The molecule has 3 aromatic carbocycles. The molecular formula is C31H28FN5O3. The summed E-state index contributed by atoms with van der Waals surface area (Å²) in [6, 6.07) is 29.9. The van der Waals surface area contributed by atoms with Gasteiger partial charge in [0.15, 0.2) is 12.0 Å². The summed E-state index contributed by atoms with van der Waals surface area (Å²) < 4.78 is 30.9. The van der Waals surface area contributed by atoms with Gasteiger partial charge in [0.2, 0.25) is 0 Å². The van der Waals surface area contributed by atoms with E-state index < -0.39 is 29.8 Å². The number of nitrogens with zero attached hydrogens (tertiary/aromatic N) is 5. The molecule has 9 heteroatoms. The highest BCUT2D eigenvalue weighted by Gasteiger charge is 2.42. The second-order valence-corrected chi connectivity index (χ2v) is 9.77. The molecule has 8 nitrogen and oxygen atoms in total.